The fraction of sp³-hybridized carbons (Fsp3) is 0.154. The lowest BCUT2D eigenvalue weighted by Crippen LogP contribution is -2.24. The van der Waals surface area contributed by atoms with Crippen molar-refractivity contribution in [1.29, 1.82) is 0 Å². The third kappa shape index (κ3) is 3.90. The van der Waals surface area contributed by atoms with Crippen LogP contribution in [0.5, 0.6) is 5.75 Å². The van der Waals surface area contributed by atoms with Gasteiger partial charge in [-0.25, -0.2) is 4.52 Å². The van der Waals surface area contributed by atoms with Crippen molar-refractivity contribution in [3.63, 3.8) is 0 Å². The molecule has 34 heavy (non-hydrogen) atoms. The van der Waals surface area contributed by atoms with Crippen molar-refractivity contribution in [2.75, 3.05) is 11.9 Å². The normalized spacial score (nSPS) is 11.1. The number of nitrogens with zero attached hydrogens (tertiary/aromatic N) is 4. The van der Waals surface area contributed by atoms with Gasteiger partial charge in [0.15, 0.2) is 0 Å². The van der Waals surface area contributed by atoms with Crippen LogP contribution in [-0.4, -0.2) is 31.7 Å². The highest BCUT2D eigenvalue weighted by molar-refractivity contribution is 6.02. The Labute approximate surface area is 195 Å². The van der Waals surface area contributed by atoms with Crippen molar-refractivity contribution in [2.24, 2.45) is 0 Å². The lowest BCUT2D eigenvalue weighted by molar-refractivity contribution is 0.101. The molecule has 0 unspecified atom stereocenters. The first-order valence-electron chi connectivity index (χ1n) is 11.0. The van der Waals surface area contributed by atoms with E-state index in [1.807, 2.05) is 68.4 Å². The molecule has 0 fully saturated rings. The van der Waals surface area contributed by atoms with Gasteiger partial charge in [0, 0.05) is 0 Å². The maximum Gasteiger partial charge on any atom is 0.296 e. The standard InChI is InChI=1S/C26H23N5O3/c1-3-34-22-12-8-7-11-19(22)27-25(32)23-28-24-26(33)30(16-18-9-5-4-6-10-18)21-15-17(2)13-14-20(21)31(24)29-23/h4-15H,3,16H2,1-2H3,(H,27,32). The minimum absolute atomic E-state index is 0.0931. The lowest BCUT2D eigenvalue weighted by Gasteiger charge is -2.12. The van der Waals surface area contributed by atoms with E-state index in [0.717, 1.165) is 16.6 Å². The first-order valence-corrected chi connectivity index (χ1v) is 11.0. The highest BCUT2D eigenvalue weighted by Gasteiger charge is 2.20. The van der Waals surface area contributed by atoms with E-state index in [1.54, 1.807) is 22.8 Å². The summed E-state index contributed by atoms with van der Waals surface area (Å²) in [5.41, 5.74) is 3.70. The summed E-state index contributed by atoms with van der Waals surface area (Å²) in [7, 11) is 0. The van der Waals surface area contributed by atoms with Crippen molar-refractivity contribution in [2.45, 2.75) is 20.4 Å². The van der Waals surface area contributed by atoms with Gasteiger partial charge in [-0.2, -0.15) is 4.98 Å². The number of anilines is 1. The van der Waals surface area contributed by atoms with E-state index in [1.165, 1.54) is 4.52 Å². The number of carbonyl (C=O) groups is 1. The van der Waals surface area contributed by atoms with Gasteiger partial charge in [0.1, 0.15) is 5.75 Å². The Hall–Kier alpha value is -4.46. The fourth-order valence-corrected chi connectivity index (χ4v) is 3.93. The van der Waals surface area contributed by atoms with Crippen LogP contribution in [0.1, 0.15) is 28.7 Å². The van der Waals surface area contributed by atoms with E-state index in [-0.39, 0.29) is 17.0 Å². The smallest absolute Gasteiger partial charge is 0.296 e. The molecule has 0 saturated carbocycles. The Balaban J connectivity index is 1.62. The monoisotopic (exact) mass is 453 g/mol. The molecule has 8 heteroatoms. The highest BCUT2D eigenvalue weighted by atomic mass is 16.5. The van der Waals surface area contributed by atoms with E-state index in [2.05, 4.69) is 15.4 Å². The summed E-state index contributed by atoms with van der Waals surface area (Å²) in [4.78, 5) is 30.8. The second-order valence-electron chi connectivity index (χ2n) is 7.92. The van der Waals surface area contributed by atoms with Crippen molar-refractivity contribution in [3.05, 3.63) is 100 Å². The molecule has 8 nitrogen and oxygen atoms in total. The van der Waals surface area contributed by atoms with Gasteiger partial charge < -0.3 is 10.1 Å². The van der Waals surface area contributed by atoms with E-state index >= 15 is 0 Å². The SMILES string of the molecule is CCOc1ccccc1NC(=O)c1nc2c(=O)n(Cc3ccccc3)c3cc(C)ccc3n2n1. The number of carbonyl (C=O) groups excluding carboxylic acids is 1. The fourth-order valence-electron chi connectivity index (χ4n) is 3.93. The van der Waals surface area contributed by atoms with Gasteiger partial charge in [0.25, 0.3) is 11.5 Å². The molecule has 0 aliphatic rings. The van der Waals surface area contributed by atoms with Crippen LogP contribution in [0.25, 0.3) is 16.7 Å². The van der Waals surface area contributed by atoms with Crippen LogP contribution >= 0.6 is 0 Å². The largest absolute Gasteiger partial charge is 0.492 e. The number of nitrogens with one attached hydrogen (secondary N) is 1. The highest BCUT2D eigenvalue weighted by Crippen LogP contribution is 2.24. The third-order valence-corrected chi connectivity index (χ3v) is 5.52. The molecule has 2 heterocycles. The van der Waals surface area contributed by atoms with E-state index in [4.69, 9.17) is 4.74 Å². The summed E-state index contributed by atoms with van der Waals surface area (Å²) in [6.45, 7) is 4.69. The Morgan fingerprint density at radius 2 is 1.76 bits per heavy atom. The van der Waals surface area contributed by atoms with Crippen molar-refractivity contribution in [1.82, 2.24) is 19.2 Å². The van der Waals surface area contributed by atoms with Crippen LogP contribution in [0.2, 0.25) is 0 Å². The Morgan fingerprint density at radius 1 is 1.00 bits per heavy atom. The molecule has 1 N–H and O–H groups in total. The predicted octanol–water partition coefficient (Wildman–Crippen LogP) is 4.05. The molecule has 2 aromatic heterocycles. The summed E-state index contributed by atoms with van der Waals surface area (Å²) in [5.74, 6) is -0.0684. The number of fused-ring (bicyclic) bond motifs is 3. The molecular formula is C26H23N5O3. The molecule has 0 atom stereocenters. The predicted molar refractivity (Wildman–Crippen MR) is 131 cm³/mol. The van der Waals surface area contributed by atoms with Gasteiger partial charge in [-0.05, 0) is 49.2 Å². The average molecular weight is 454 g/mol. The lowest BCUT2D eigenvalue weighted by atomic mass is 10.2. The molecule has 0 saturated heterocycles. The Kier molecular flexibility index (Phi) is 5.55. The quantitative estimate of drug-likeness (QED) is 0.419. The van der Waals surface area contributed by atoms with Crippen molar-refractivity contribution >= 4 is 28.3 Å². The number of rotatable bonds is 6. The molecular weight excluding hydrogens is 430 g/mol. The molecule has 3 aromatic carbocycles. The van der Waals surface area contributed by atoms with Crippen LogP contribution in [0, 0.1) is 6.92 Å². The average Bonchev–Trinajstić information content (AvgIpc) is 3.30. The molecule has 0 radical (unpaired) electrons. The number of amides is 1. The molecule has 5 rings (SSSR count). The molecule has 0 aliphatic heterocycles. The zero-order valence-electron chi connectivity index (χ0n) is 18.9. The van der Waals surface area contributed by atoms with Gasteiger partial charge >= 0.3 is 0 Å². The molecule has 0 spiro atoms. The van der Waals surface area contributed by atoms with Crippen LogP contribution in [0.15, 0.2) is 77.6 Å². The summed E-state index contributed by atoms with van der Waals surface area (Å²) < 4.78 is 8.70. The van der Waals surface area contributed by atoms with Gasteiger partial charge in [-0.1, -0.05) is 48.5 Å². The molecule has 5 aromatic rings. The van der Waals surface area contributed by atoms with E-state index in [9.17, 15) is 9.59 Å². The summed E-state index contributed by atoms with van der Waals surface area (Å²) >= 11 is 0. The first kappa shape index (κ1) is 21.4. The number of ether oxygens (including phenoxy) is 1. The number of hydrogen-bond donors (Lipinski definition) is 1. The summed E-state index contributed by atoms with van der Waals surface area (Å²) in [6, 6.07) is 22.7. The second kappa shape index (κ2) is 8.82. The minimum Gasteiger partial charge on any atom is -0.492 e. The third-order valence-electron chi connectivity index (χ3n) is 5.52. The van der Waals surface area contributed by atoms with Gasteiger partial charge in [0.2, 0.25) is 11.5 Å². The van der Waals surface area contributed by atoms with Crippen LogP contribution in [0.3, 0.4) is 0 Å². The second-order valence-corrected chi connectivity index (χ2v) is 7.92. The maximum atomic E-state index is 13.5. The topological polar surface area (TPSA) is 90.5 Å². The molecule has 1 amide bonds. The number of hydrogen-bond acceptors (Lipinski definition) is 5. The Bertz CT molecular complexity index is 1570. The summed E-state index contributed by atoms with van der Waals surface area (Å²) in [6.07, 6.45) is 0. The number of aromatic nitrogens is 4. The van der Waals surface area contributed by atoms with Gasteiger partial charge in [-0.3, -0.25) is 14.2 Å². The maximum absolute atomic E-state index is 13.5. The number of aryl methyl sites for hydroxylation is 1. The van der Waals surface area contributed by atoms with E-state index < -0.39 is 5.91 Å². The van der Waals surface area contributed by atoms with Gasteiger partial charge in [-0.15, -0.1) is 5.10 Å². The zero-order chi connectivity index (χ0) is 23.7. The number of para-hydroxylation sites is 2. The van der Waals surface area contributed by atoms with Crippen molar-refractivity contribution in [3.8, 4) is 5.75 Å². The zero-order valence-corrected chi connectivity index (χ0v) is 18.9. The van der Waals surface area contributed by atoms with Crippen LogP contribution < -0.4 is 15.6 Å². The number of benzene rings is 3. The van der Waals surface area contributed by atoms with E-state index in [0.29, 0.717) is 30.1 Å². The Morgan fingerprint density at radius 3 is 2.56 bits per heavy atom. The first-order chi connectivity index (χ1) is 16.5. The van der Waals surface area contributed by atoms with Gasteiger partial charge in [0.05, 0.1) is 29.9 Å². The molecule has 0 aliphatic carbocycles. The summed E-state index contributed by atoms with van der Waals surface area (Å²) in [5, 5.41) is 7.18. The van der Waals surface area contributed by atoms with Crippen LogP contribution in [0.4, 0.5) is 5.69 Å². The molecule has 170 valence electrons. The molecule has 0 bridgehead atoms. The van der Waals surface area contributed by atoms with Crippen LogP contribution in [-0.2, 0) is 6.54 Å². The minimum atomic E-state index is -0.523. The van der Waals surface area contributed by atoms with Crippen molar-refractivity contribution < 1.29 is 9.53 Å².